The highest BCUT2D eigenvalue weighted by Gasteiger charge is 2.52. The van der Waals surface area contributed by atoms with E-state index in [0.717, 1.165) is 12.8 Å². The molecule has 0 bridgehead atoms. The molecule has 2 aliphatic rings. The van der Waals surface area contributed by atoms with Crippen LogP contribution in [0.3, 0.4) is 0 Å². The van der Waals surface area contributed by atoms with Gasteiger partial charge in [0.2, 0.25) is 0 Å². The smallest absolute Gasteiger partial charge is 0.322 e. The number of aromatic nitrogens is 2. The number of nitrogens with zero attached hydrogens (tertiary/aromatic N) is 4. The molecule has 1 aliphatic carbocycles. The Kier molecular flexibility index (Phi) is 5.38. The van der Waals surface area contributed by atoms with E-state index in [9.17, 15) is 14.0 Å². The number of urea groups is 1. The van der Waals surface area contributed by atoms with Gasteiger partial charge in [0.15, 0.2) is 5.69 Å². The molecule has 5 rings (SSSR count). The SMILES string of the molecule is C.[C-]#[N+]c1ccc(NC(=O)N2Cc3c(C(N)=O)c(-c4cccc(F)c4)nn3C3(CC3)C2)cc1. The van der Waals surface area contributed by atoms with Crippen LogP contribution in [0.4, 0.5) is 20.6 Å². The van der Waals surface area contributed by atoms with Crippen molar-refractivity contribution >= 4 is 23.3 Å². The normalized spacial score (nSPS) is 15.2. The fourth-order valence-electron chi connectivity index (χ4n) is 4.23. The standard InChI is InChI=1S/C23H19FN6O2.CH4/c1-26-16-5-7-17(8-6-16)27-22(32)29-12-18-19(21(25)31)20(14-3-2-4-15(24)11-14)28-30(18)23(13-29)9-10-23;/h2-8,11H,9-10,12-13H2,(H2,25,31)(H,27,32);1H4. The van der Waals surface area contributed by atoms with Crippen molar-refractivity contribution in [3.63, 3.8) is 0 Å². The van der Waals surface area contributed by atoms with Crippen LogP contribution in [-0.4, -0.2) is 33.2 Å². The number of hydrogen-bond donors (Lipinski definition) is 2. The first-order valence-corrected chi connectivity index (χ1v) is 10.1. The zero-order valence-corrected chi connectivity index (χ0v) is 17.0. The van der Waals surface area contributed by atoms with E-state index in [2.05, 4.69) is 15.3 Å². The summed E-state index contributed by atoms with van der Waals surface area (Å²) in [6.45, 7) is 7.62. The molecule has 3 aromatic rings. The first-order chi connectivity index (χ1) is 15.4. The number of primary amides is 1. The van der Waals surface area contributed by atoms with Gasteiger partial charge in [0.1, 0.15) is 11.5 Å². The summed E-state index contributed by atoms with van der Waals surface area (Å²) in [5, 5.41) is 7.50. The molecule has 0 saturated heterocycles. The topological polar surface area (TPSA) is 97.6 Å². The maximum Gasteiger partial charge on any atom is 0.322 e. The molecule has 9 heteroatoms. The van der Waals surface area contributed by atoms with E-state index in [-0.39, 0.29) is 25.6 Å². The van der Waals surface area contributed by atoms with E-state index in [4.69, 9.17) is 12.3 Å². The lowest BCUT2D eigenvalue weighted by Gasteiger charge is -2.34. The average molecular weight is 446 g/mol. The lowest BCUT2D eigenvalue weighted by atomic mass is 10.0. The van der Waals surface area contributed by atoms with Gasteiger partial charge in [0.25, 0.3) is 5.91 Å². The number of nitrogens with two attached hydrogens (primary N) is 1. The fourth-order valence-corrected chi connectivity index (χ4v) is 4.23. The summed E-state index contributed by atoms with van der Waals surface area (Å²) in [6, 6.07) is 12.2. The Hall–Kier alpha value is -4.19. The Labute approximate surface area is 190 Å². The molecule has 1 aliphatic heterocycles. The van der Waals surface area contributed by atoms with Crippen molar-refractivity contribution in [1.29, 1.82) is 0 Å². The summed E-state index contributed by atoms with van der Waals surface area (Å²) in [4.78, 5) is 30.4. The second kappa shape index (κ2) is 8.06. The van der Waals surface area contributed by atoms with Gasteiger partial charge in [0.05, 0.1) is 29.9 Å². The molecule has 1 saturated carbocycles. The fraction of sp³-hybridized carbons (Fsp3) is 0.250. The largest absolute Gasteiger partial charge is 0.365 e. The zero-order chi connectivity index (χ0) is 22.5. The van der Waals surface area contributed by atoms with E-state index in [1.54, 1.807) is 41.3 Å². The molecule has 1 fully saturated rings. The summed E-state index contributed by atoms with van der Waals surface area (Å²) >= 11 is 0. The maximum atomic E-state index is 13.8. The molecule has 1 aromatic heterocycles. The molecular weight excluding hydrogens is 423 g/mol. The Morgan fingerprint density at radius 3 is 2.52 bits per heavy atom. The minimum Gasteiger partial charge on any atom is -0.365 e. The third-order valence-corrected chi connectivity index (χ3v) is 5.96. The van der Waals surface area contributed by atoms with Crippen LogP contribution in [-0.2, 0) is 12.1 Å². The minimum atomic E-state index is -0.668. The summed E-state index contributed by atoms with van der Waals surface area (Å²) in [5.41, 5.74) is 7.93. The third-order valence-electron chi connectivity index (χ3n) is 5.96. The van der Waals surface area contributed by atoms with Crippen LogP contribution in [0.25, 0.3) is 16.1 Å². The number of fused-ring (bicyclic) bond motifs is 2. The van der Waals surface area contributed by atoms with Crippen molar-refractivity contribution in [3.05, 3.63) is 77.0 Å². The minimum absolute atomic E-state index is 0. The summed E-state index contributed by atoms with van der Waals surface area (Å²) in [6.07, 6.45) is 1.62. The summed E-state index contributed by atoms with van der Waals surface area (Å²) in [5.74, 6) is -1.10. The van der Waals surface area contributed by atoms with E-state index in [1.807, 2.05) is 4.68 Å². The number of nitrogens with one attached hydrogen (secondary N) is 1. The number of carbonyl (C=O) groups is 2. The number of carbonyl (C=O) groups excluding carboxylic acids is 2. The highest BCUT2D eigenvalue weighted by molar-refractivity contribution is 6.00. The number of anilines is 1. The molecule has 8 nitrogen and oxygen atoms in total. The van der Waals surface area contributed by atoms with Crippen LogP contribution in [0.1, 0.15) is 36.3 Å². The maximum absolute atomic E-state index is 13.8. The van der Waals surface area contributed by atoms with Crippen LogP contribution in [0.2, 0.25) is 0 Å². The molecule has 2 heterocycles. The molecule has 2 aromatic carbocycles. The average Bonchev–Trinajstić information content (AvgIpc) is 3.42. The van der Waals surface area contributed by atoms with Gasteiger partial charge < -0.3 is 16.0 Å². The highest BCUT2D eigenvalue weighted by atomic mass is 19.1. The monoisotopic (exact) mass is 446 g/mol. The summed E-state index contributed by atoms with van der Waals surface area (Å²) in [7, 11) is 0. The van der Waals surface area contributed by atoms with E-state index >= 15 is 0 Å². The lowest BCUT2D eigenvalue weighted by Crippen LogP contribution is -2.47. The van der Waals surface area contributed by atoms with E-state index in [1.165, 1.54) is 12.1 Å². The molecule has 0 radical (unpaired) electrons. The van der Waals surface area contributed by atoms with Gasteiger partial charge in [-0.05, 0) is 37.1 Å². The number of halogens is 1. The summed E-state index contributed by atoms with van der Waals surface area (Å²) < 4.78 is 15.6. The lowest BCUT2D eigenvalue weighted by molar-refractivity contribution is 0.0996. The van der Waals surface area contributed by atoms with Gasteiger partial charge in [-0.25, -0.2) is 14.0 Å². The Balaban J connectivity index is 0.00000259. The van der Waals surface area contributed by atoms with E-state index < -0.39 is 17.3 Å². The van der Waals surface area contributed by atoms with E-state index in [0.29, 0.717) is 34.9 Å². The highest BCUT2D eigenvalue weighted by Crippen LogP contribution is 2.48. The second-order valence-electron chi connectivity index (χ2n) is 8.13. The number of benzene rings is 2. The molecule has 0 unspecified atom stereocenters. The van der Waals surface area contributed by atoms with Gasteiger partial charge in [-0.3, -0.25) is 9.48 Å². The number of hydrogen-bond acceptors (Lipinski definition) is 3. The van der Waals surface area contributed by atoms with Crippen molar-refractivity contribution in [3.8, 4) is 11.3 Å². The second-order valence-corrected chi connectivity index (χ2v) is 8.13. The van der Waals surface area contributed by atoms with Crippen molar-refractivity contribution in [2.45, 2.75) is 32.4 Å². The first kappa shape index (κ1) is 22.0. The third kappa shape index (κ3) is 3.80. The Morgan fingerprint density at radius 1 is 1.18 bits per heavy atom. The van der Waals surface area contributed by atoms with Crippen LogP contribution < -0.4 is 11.1 Å². The van der Waals surface area contributed by atoms with Crippen molar-refractivity contribution < 1.29 is 14.0 Å². The van der Waals surface area contributed by atoms with Crippen molar-refractivity contribution in [2.75, 3.05) is 11.9 Å². The van der Waals surface area contributed by atoms with Gasteiger partial charge in [-0.15, -0.1) is 0 Å². The molecule has 3 N–H and O–H groups in total. The van der Waals surface area contributed by atoms with Crippen LogP contribution in [0, 0.1) is 12.4 Å². The predicted octanol–water partition coefficient (Wildman–Crippen LogP) is 4.51. The predicted molar refractivity (Wildman–Crippen MR) is 122 cm³/mol. The molecular formula is C24H23FN6O2. The number of amides is 3. The van der Waals surface area contributed by atoms with Crippen molar-refractivity contribution in [1.82, 2.24) is 14.7 Å². The Bertz CT molecular complexity index is 1290. The zero-order valence-electron chi connectivity index (χ0n) is 17.0. The van der Waals surface area contributed by atoms with Gasteiger partial charge in [-0.1, -0.05) is 31.7 Å². The van der Waals surface area contributed by atoms with Crippen LogP contribution in [0.5, 0.6) is 0 Å². The molecule has 168 valence electrons. The van der Waals surface area contributed by atoms with Gasteiger partial charge in [-0.2, -0.15) is 5.10 Å². The molecule has 1 spiro atoms. The van der Waals surface area contributed by atoms with Crippen LogP contribution in [0.15, 0.2) is 48.5 Å². The first-order valence-electron chi connectivity index (χ1n) is 10.1. The quantitative estimate of drug-likeness (QED) is 0.579. The van der Waals surface area contributed by atoms with Crippen molar-refractivity contribution in [2.24, 2.45) is 5.73 Å². The molecule has 0 atom stereocenters. The van der Waals surface area contributed by atoms with Gasteiger partial charge >= 0.3 is 6.03 Å². The Morgan fingerprint density at radius 2 is 1.91 bits per heavy atom. The molecule has 3 amide bonds. The molecule has 33 heavy (non-hydrogen) atoms. The van der Waals surface area contributed by atoms with Gasteiger partial charge in [0, 0.05) is 17.8 Å². The number of rotatable bonds is 3. The van der Waals surface area contributed by atoms with Crippen LogP contribution >= 0.6 is 0 Å².